The van der Waals surface area contributed by atoms with E-state index in [4.69, 9.17) is 11.6 Å². The van der Waals surface area contributed by atoms with Crippen LogP contribution in [0.15, 0.2) is 24.3 Å². The maximum atomic E-state index is 12.5. The van der Waals surface area contributed by atoms with Crippen molar-refractivity contribution in [3.05, 3.63) is 34.9 Å². The van der Waals surface area contributed by atoms with Gasteiger partial charge in [0.15, 0.2) is 0 Å². The van der Waals surface area contributed by atoms with Gasteiger partial charge in [0.1, 0.15) is 0 Å². The second-order valence-electron chi connectivity index (χ2n) is 6.45. The molecule has 0 aromatic heterocycles. The third kappa shape index (κ3) is 3.39. The summed E-state index contributed by atoms with van der Waals surface area (Å²) in [5.74, 6) is 0.741. The normalized spacial score (nSPS) is 23.2. The number of urea groups is 1. The van der Waals surface area contributed by atoms with Crippen LogP contribution in [0.25, 0.3) is 0 Å². The van der Waals surface area contributed by atoms with Crippen molar-refractivity contribution in [3.63, 3.8) is 0 Å². The van der Waals surface area contributed by atoms with E-state index in [1.54, 1.807) is 0 Å². The highest BCUT2D eigenvalue weighted by Crippen LogP contribution is 2.38. The number of carbonyl (C=O) groups excluding carboxylic acids is 1. The summed E-state index contributed by atoms with van der Waals surface area (Å²) in [5.41, 5.74) is 1.13. The Kier molecular flexibility index (Phi) is 4.89. The van der Waals surface area contributed by atoms with Gasteiger partial charge in [-0.3, -0.25) is 0 Å². The molecule has 5 heteroatoms. The molecule has 1 saturated heterocycles. The van der Waals surface area contributed by atoms with Gasteiger partial charge in [-0.05, 0) is 42.9 Å². The number of nitrogens with one attached hydrogen (secondary N) is 1. The van der Waals surface area contributed by atoms with Crippen molar-refractivity contribution in [2.24, 2.45) is 11.8 Å². The van der Waals surface area contributed by atoms with Gasteiger partial charge in [-0.1, -0.05) is 30.2 Å². The van der Waals surface area contributed by atoms with Gasteiger partial charge in [0.2, 0.25) is 0 Å². The Hall–Kier alpha value is -1.26. The van der Waals surface area contributed by atoms with E-state index in [-0.39, 0.29) is 24.6 Å². The van der Waals surface area contributed by atoms with E-state index >= 15 is 0 Å². The highest BCUT2D eigenvalue weighted by Gasteiger charge is 2.32. The summed E-state index contributed by atoms with van der Waals surface area (Å²) in [4.78, 5) is 14.3. The van der Waals surface area contributed by atoms with Crippen LogP contribution in [0.4, 0.5) is 4.79 Å². The van der Waals surface area contributed by atoms with Gasteiger partial charge < -0.3 is 15.3 Å². The number of halogens is 1. The Balaban J connectivity index is 1.68. The molecular formula is C17H23ClN2O2. The van der Waals surface area contributed by atoms with E-state index in [2.05, 4.69) is 5.32 Å². The van der Waals surface area contributed by atoms with Crippen molar-refractivity contribution in [3.8, 4) is 0 Å². The van der Waals surface area contributed by atoms with Crippen LogP contribution in [0.2, 0.25) is 5.02 Å². The van der Waals surface area contributed by atoms with Gasteiger partial charge in [0.25, 0.3) is 0 Å². The summed E-state index contributed by atoms with van der Waals surface area (Å²) in [5, 5.41) is 13.1. The second kappa shape index (κ2) is 6.88. The lowest BCUT2D eigenvalue weighted by Crippen LogP contribution is -2.43. The molecule has 2 amide bonds. The largest absolute Gasteiger partial charge is 0.396 e. The fraction of sp³-hybridized carbons (Fsp3) is 0.588. The van der Waals surface area contributed by atoms with E-state index in [0.717, 1.165) is 31.4 Å². The molecule has 22 heavy (non-hydrogen) atoms. The molecule has 2 atom stereocenters. The first-order valence-electron chi connectivity index (χ1n) is 8.09. The molecule has 1 aliphatic carbocycles. The van der Waals surface area contributed by atoms with Crippen LogP contribution in [0.5, 0.6) is 0 Å². The number of carbonyl (C=O) groups is 1. The molecule has 4 nitrogen and oxygen atoms in total. The number of amides is 2. The molecule has 120 valence electrons. The molecular weight excluding hydrogens is 300 g/mol. The van der Waals surface area contributed by atoms with Gasteiger partial charge in [0, 0.05) is 30.6 Å². The maximum absolute atomic E-state index is 12.5. The quantitative estimate of drug-likeness (QED) is 0.894. The highest BCUT2D eigenvalue weighted by molar-refractivity contribution is 6.30. The molecule has 2 fully saturated rings. The van der Waals surface area contributed by atoms with E-state index < -0.39 is 0 Å². The lowest BCUT2D eigenvalue weighted by atomic mass is 9.77. The fourth-order valence-corrected chi connectivity index (χ4v) is 3.43. The number of hydrogen-bond donors (Lipinski definition) is 2. The Morgan fingerprint density at radius 1 is 1.32 bits per heavy atom. The summed E-state index contributed by atoms with van der Waals surface area (Å²) >= 11 is 5.97. The van der Waals surface area contributed by atoms with Crippen molar-refractivity contribution in [1.29, 1.82) is 0 Å². The second-order valence-corrected chi connectivity index (χ2v) is 6.89. The van der Waals surface area contributed by atoms with Crippen molar-refractivity contribution < 1.29 is 9.90 Å². The minimum atomic E-state index is -0.0113. The van der Waals surface area contributed by atoms with Gasteiger partial charge in [-0.25, -0.2) is 4.79 Å². The van der Waals surface area contributed by atoms with Crippen LogP contribution >= 0.6 is 11.6 Å². The van der Waals surface area contributed by atoms with Crippen LogP contribution in [0.3, 0.4) is 0 Å². The average molecular weight is 323 g/mol. The smallest absolute Gasteiger partial charge is 0.317 e. The number of aliphatic hydroxyl groups excluding tert-OH is 1. The zero-order chi connectivity index (χ0) is 15.5. The number of benzene rings is 1. The maximum Gasteiger partial charge on any atom is 0.317 e. The zero-order valence-corrected chi connectivity index (χ0v) is 13.4. The lowest BCUT2D eigenvalue weighted by Gasteiger charge is -2.35. The minimum Gasteiger partial charge on any atom is -0.396 e. The predicted molar refractivity (Wildman–Crippen MR) is 86.8 cm³/mol. The van der Waals surface area contributed by atoms with Crippen molar-refractivity contribution in [2.45, 2.75) is 31.7 Å². The minimum absolute atomic E-state index is 0.0113. The van der Waals surface area contributed by atoms with Crippen LogP contribution in [0.1, 0.15) is 37.3 Å². The fourth-order valence-electron chi connectivity index (χ4n) is 3.31. The molecule has 0 spiro atoms. The molecule has 0 radical (unpaired) electrons. The first-order valence-corrected chi connectivity index (χ1v) is 8.47. The Morgan fingerprint density at radius 2 is 2.05 bits per heavy atom. The molecule has 2 unspecified atom stereocenters. The predicted octanol–water partition coefficient (Wildman–Crippen LogP) is 3.21. The number of likely N-dealkylation sites (tertiary alicyclic amines) is 1. The Morgan fingerprint density at radius 3 is 2.59 bits per heavy atom. The lowest BCUT2D eigenvalue weighted by molar-refractivity contribution is 0.178. The molecule has 2 aliphatic rings. The Bertz CT molecular complexity index is 516. The molecule has 1 saturated carbocycles. The highest BCUT2D eigenvalue weighted by atomic mass is 35.5. The van der Waals surface area contributed by atoms with E-state index in [1.165, 1.54) is 6.42 Å². The van der Waals surface area contributed by atoms with Crippen LogP contribution < -0.4 is 5.32 Å². The Labute approximate surface area is 136 Å². The van der Waals surface area contributed by atoms with E-state index in [0.29, 0.717) is 17.5 Å². The number of hydrogen-bond acceptors (Lipinski definition) is 2. The summed E-state index contributed by atoms with van der Waals surface area (Å²) < 4.78 is 0. The first-order chi connectivity index (χ1) is 10.7. The average Bonchev–Trinajstić information content (AvgIpc) is 2.94. The number of nitrogens with zero attached hydrogens (tertiary/aromatic N) is 1. The molecule has 2 N–H and O–H groups in total. The summed E-state index contributed by atoms with van der Waals surface area (Å²) in [6, 6.07) is 7.83. The van der Waals surface area contributed by atoms with Crippen molar-refractivity contribution >= 4 is 17.6 Å². The van der Waals surface area contributed by atoms with Gasteiger partial charge in [-0.15, -0.1) is 0 Å². The number of aliphatic hydroxyl groups is 1. The molecule has 1 heterocycles. The van der Waals surface area contributed by atoms with Crippen LogP contribution in [-0.4, -0.2) is 35.7 Å². The summed E-state index contributed by atoms with van der Waals surface area (Å²) in [6.45, 7) is 1.54. The molecule has 3 rings (SSSR count). The summed E-state index contributed by atoms with van der Waals surface area (Å²) in [7, 11) is 0. The van der Waals surface area contributed by atoms with E-state index in [1.807, 2.05) is 29.2 Å². The zero-order valence-electron chi connectivity index (χ0n) is 12.7. The molecule has 0 bridgehead atoms. The number of rotatable bonds is 4. The monoisotopic (exact) mass is 322 g/mol. The third-order valence-electron chi connectivity index (χ3n) is 4.96. The molecule has 1 aromatic rings. The summed E-state index contributed by atoms with van der Waals surface area (Å²) in [6.07, 6.45) is 4.44. The van der Waals surface area contributed by atoms with Crippen molar-refractivity contribution in [2.75, 3.05) is 19.7 Å². The van der Waals surface area contributed by atoms with Crippen molar-refractivity contribution in [1.82, 2.24) is 10.2 Å². The standard InChI is InChI=1S/C17H23ClN2O2/c18-15-6-4-14(5-7-15)16(13-2-1-3-13)19-17(22)20-9-8-12(10-20)11-21/h4-7,12-13,16,21H,1-3,8-11H2,(H,19,22). The molecule has 1 aromatic carbocycles. The van der Waals surface area contributed by atoms with Gasteiger partial charge in [-0.2, -0.15) is 0 Å². The van der Waals surface area contributed by atoms with Crippen LogP contribution in [0, 0.1) is 11.8 Å². The topological polar surface area (TPSA) is 52.6 Å². The van der Waals surface area contributed by atoms with Gasteiger partial charge >= 0.3 is 6.03 Å². The van der Waals surface area contributed by atoms with Gasteiger partial charge in [0.05, 0.1) is 6.04 Å². The first kappa shape index (κ1) is 15.6. The third-order valence-corrected chi connectivity index (χ3v) is 5.21. The SMILES string of the molecule is O=C(NC(c1ccc(Cl)cc1)C1CCC1)N1CCC(CO)C1. The molecule has 1 aliphatic heterocycles. The van der Waals surface area contributed by atoms with Crippen LogP contribution in [-0.2, 0) is 0 Å². The van der Waals surface area contributed by atoms with E-state index in [9.17, 15) is 9.90 Å².